The molecule has 0 radical (unpaired) electrons. The number of hydrogen-bond acceptors (Lipinski definition) is 1. The van der Waals surface area contributed by atoms with E-state index in [4.69, 9.17) is 11.6 Å². The summed E-state index contributed by atoms with van der Waals surface area (Å²) in [5.74, 6) is 0.116. The minimum atomic E-state index is -4.32. The molecular weight excluding hydrogens is 205 g/mol. The van der Waals surface area contributed by atoms with Gasteiger partial charge in [-0.15, -0.1) is 0 Å². The van der Waals surface area contributed by atoms with Crippen molar-refractivity contribution >= 4 is 11.6 Å². The van der Waals surface area contributed by atoms with Gasteiger partial charge in [0.25, 0.3) is 0 Å². The predicted octanol–water partition coefficient (Wildman–Crippen LogP) is 3.28. The highest BCUT2D eigenvalue weighted by Gasteiger charge is 2.28. The first kappa shape index (κ1) is 10.2. The van der Waals surface area contributed by atoms with Gasteiger partial charge in [-0.05, 0) is 18.2 Å². The smallest absolute Gasteiger partial charge is 0.422 e. The molecule has 0 unspecified atom stereocenters. The summed E-state index contributed by atoms with van der Waals surface area (Å²) in [7, 11) is 0. The topological polar surface area (TPSA) is 9.23 Å². The SMILES string of the molecule is FC(F)(F)COc1cccc(Cl)c1. The van der Waals surface area contributed by atoms with Crippen molar-refractivity contribution in [2.45, 2.75) is 6.18 Å². The predicted molar refractivity (Wildman–Crippen MR) is 43.0 cm³/mol. The van der Waals surface area contributed by atoms with E-state index >= 15 is 0 Å². The van der Waals surface area contributed by atoms with Gasteiger partial charge >= 0.3 is 6.18 Å². The van der Waals surface area contributed by atoms with Crippen LogP contribution in [0.2, 0.25) is 5.02 Å². The van der Waals surface area contributed by atoms with Crippen LogP contribution >= 0.6 is 11.6 Å². The van der Waals surface area contributed by atoms with Gasteiger partial charge in [0.05, 0.1) is 0 Å². The van der Waals surface area contributed by atoms with E-state index in [1.165, 1.54) is 18.2 Å². The van der Waals surface area contributed by atoms with Gasteiger partial charge in [0.2, 0.25) is 0 Å². The van der Waals surface area contributed by atoms with Crippen LogP contribution in [-0.4, -0.2) is 12.8 Å². The molecule has 1 aromatic rings. The van der Waals surface area contributed by atoms with E-state index in [1.807, 2.05) is 0 Å². The number of benzene rings is 1. The van der Waals surface area contributed by atoms with Crippen LogP contribution in [0.1, 0.15) is 0 Å². The lowest BCUT2D eigenvalue weighted by Crippen LogP contribution is -2.19. The highest BCUT2D eigenvalue weighted by atomic mass is 35.5. The largest absolute Gasteiger partial charge is 0.484 e. The maximum atomic E-state index is 11.7. The molecule has 0 aliphatic heterocycles. The zero-order valence-electron chi connectivity index (χ0n) is 6.44. The van der Waals surface area contributed by atoms with E-state index in [0.717, 1.165) is 0 Å². The zero-order valence-corrected chi connectivity index (χ0v) is 7.19. The van der Waals surface area contributed by atoms with Gasteiger partial charge in [0, 0.05) is 5.02 Å². The Morgan fingerprint density at radius 1 is 1.31 bits per heavy atom. The minimum absolute atomic E-state index is 0.116. The van der Waals surface area contributed by atoms with E-state index < -0.39 is 12.8 Å². The number of halogens is 4. The molecule has 13 heavy (non-hydrogen) atoms. The lowest BCUT2D eigenvalue weighted by Gasteiger charge is -2.08. The van der Waals surface area contributed by atoms with Crippen molar-refractivity contribution in [1.82, 2.24) is 0 Å². The zero-order chi connectivity index (χ0) is 9.90. The Kier molecular flexibility index (Phi) is 3.03. The highest BCUT2D eigenvalue weighted by Crippen LogP contribution is 2.20. The van der Waals surface area contributed by atoms with E-state index in [9.17, 15) is 13.2 Å². The summed E-state index contributed by atoms with van der Waals surface area (Å²) in [5.41, 5.74) is 0. The number of ether oxygens (including phenoxy) is 1. The molecule has 0 atom stereocenters. The van der Waals surface area contributed by atoms with Gasteiger partial charge in [0.15, 0.2) is 6.61 Å². The summed E-state index contributed by atoms with van der Waals surface area (Å²) in [6.07, 6.45) is -4.32. The van der Waals surface area contributed by atoms with E-state index in [2.05, 4.69) is 4.74 Å². The average molecular weight is 211 g/mol. The minimum Gasteiger partial charge on any atom is -0.484 e. The van der Waals surface area contributed by atoms with Crippen LogP contribution in [0.25, 0.3) is 0 Å². The molecular formula is C8H6ClF3O. The lowest BCUT2D eigenvalue weighted by molar-refractivity contribution is -0.153. The second kappa shape index (κ2) is 3.87. The van der Waals surface area contributed by atoms with Gasteiger partial charge in [-0.1, -0.05) is 17.7 Å². The Morgan fingerprint density at radius 2 is 2.00 bits per heavy atom. The van der Waals surface area contributed by atoms with Crippen molar-refractivity contribution in [3.63, 3.8) is 0 Å². The number of hydrogen-bond donors (Lipinski definition) is 0. The standard InChI is InChI=1S/C8H6ClF3O/c9-6-2-1-3-7(4-6)13-5-8(10,11)12/h1-4H,5H2. The molecule has 1 nitrogen and oxygen atoms in total. The van der Waals surface area contributed by atoms with Gasteiger partial charge in [-0.25, -0.2) is 0 Å². The van der Waals surface area contributed by atoms with Crippen LogP contribution in [0.15, 0.2) is 24.3 Å². The van der Waals surface area contributed by atoms with Crippen molar-refractivity contribution in [1.29, 1.82) is 0 Å². The molecule has 0 amide bonds. The molecule has 0 spiro atoms. The molecule has 0 fully saturated rings. The summed E-state index contributed by atoms with van der Waals surface area (Å²) in [6.45, 7) is -1.30. The van der Waals surface area contributed by atoms with E-state index in [-0.39, 0.29) is 5.75 Å². The third kappa shape index (κ3) is 4.03. The first-order valence-electron chi connectivity index (χ1n) is 3.42. The molecule has 0 heterocycles. The molecule has 0 aliphatic carbocycles. The van der Waals surface area contributed by atoms with Crippen LogP contribution < -0.4 is 4.74 Å². The van der Waals surface area contributed by atoms with Crippen molar-refractivity contribution in [2.75, 3.05) is 6.61 Å². The van der Waals surface area contributed by atoms with Gasteiger partial charge in [-0.2, -0.15) is 13.2 Å². The third-order valence-electron chi connectivity index (χ3n) is 1.20. The maximum absolute atomic E-state index is 11.7. The first-order valence-corrected chi connectivity index (χ1v) is 3.80. The normalized spacial score (nSPS) is 11.4. The Labute approximate surface area is 78.1 Å². The second-order valence-corrected chi connectivity index (χ2v) is 2.80. The van der Waals surface area contributed by atoms with Crippen LogP contribution in [0.4, 0.5) is 13.2 Å². The molecule has 0 aliphatic rings. The molecule has 0 saturated heterocycles. The highest BCUT2D eigenvalue weighted by molar-refractivity contribution is 6.30. The Hall–Kier alpha value is -0.900. The van der Waals surface area contributed by atoms with E-state index in [0.29, 0.717) is 5.02 Å². The van der Waals surface area contributed by atoms with Crippen LogP contribution in [0.5, 0.6) is 5.75 Å². The van der Waals surface area contributed by atoms with Gasteiger partial charge < -0.3 is 4.74 Å². The van der Waals surface area contributed by atoms with Gasteiger partial charge in [0.1, 0.15) is 5.75 Å². The molecule has 72 valence electrons. The maximum Gasteiger partial charge on any atom is 0.422 e. The Balaban J connectivity index is 2.55. The van der Waals surface area contributed by atoms with Crippen molar-refractivity contribution in [3.8, 4) is 5.75 Å². The summed E-state index contributed by atoms with van der Waals surface area (Å²) in [6, 6.07) is 5.82. The van der Waals surface area contributed by atoms with Crippen molar-refractivity contribution < 1.29 is 17.9 Å². The summed E-state index contributed by atoms with van der Waals surface area (Å²) in [5, 5.41) is 0.347. The Morgan fingerprint density at radius 3 is 2.54 bits per heavy atom. The molecule has 0 N–H and O–H groups in total. The third-order valence-corrected chi connectivity index (χ3v) is 1.43. The molecule has 1 aromatic carbocycles. The number of rotatable bonds is 2. The quantitative estimate of drug-likeness (QED) is 0.728. The molecule has 0 aromatic heterocycles. The molecule has 0 saturated carbocycles. The second-order valence-electron chi connectivity index (χ2n) is 2.36. The molecule has 5 heteroatoms. The fraction of sp³-hybridized carbons (Fsp3) is 0.250. The van der Waals surface area contributed by atoms with E-state index in [1.54, 1.807) is 6.07 Å². The first-order chi connectivity index (χ1) is 5.97. The van der Waals surface area contributed by atoms with Crippen LogP contribution in [-0.2, 0) is 0 Å². The van der Waals surface area contributed by atoms with Crippen LogP contribution in [0, 0.1) is 0 Å². The monoisotopic (exact) mass is 210 g/mol. The van der Waals surface area contributed by atoms with Crippen molar-refractivity contribution in [2.24, 2.45) is 0 Å². The lowest BCUT2D eigenvalue weighted by atomic mass is 10.3. The average Bonchev–Trinajstić information content (AvgIpc) is 2.00. The number of alkyl halides is 3. The summed E-state index contributed by atoms with van der Waals surface area (Å²) < 4.78 is 39.5. The van der Waals surface area contributed by atoms with Crippen LogP contribution in [0.3, 0.4) is 0 Å². The summed E-state index contributed by atoms with van der Waals surface area (Å²) >= 11 is 5.53. The Bertz CT molecular complexity index is 285. The van der Waals surface area contributed by atoms with Gasteiger partial charge in [-0.3, -0.25) is 0 Å². The molecule has 0 bridgehead atoms. The fourth-order valence-electron chi connectivity index (χ4n) is 0.722. The fourth-order valence-corrected chi connectivity index (χ4v) is 0.902. The molecule has 1 rings (SSSR count). The summed E-state index contributed by atoms with van der Waals surface area (Å²) in [4.78, 5) is 0. The van der Waals surface area contributed by atoms with Crippen molar-refractivity contribution in [3.05, 3.63) is 29.3 Å².